The maximum Gasteiger partial charge on any atom is 0.360 e. The Hall–Kier alpha value is -1.65. The van der Waals surface area contributed by atoms with Crippen LogP contribution in [0.2, 0.25) is 0 Å². The van der Waals surface area contributed by atoms with Crippen LogP contribution in [0, 0.1) is 17.3 Å². The van der Waals surface area contributed by atoms with Gasteiger partial charge in [-0.2, -0.15) is 0 Å². The Labute approximate surface area is 143 Å². The lowest BCUT2D eigenvalue weighted by molar-refractivity contribution is -0.0103. The predicted molar refractivity (Wildman–Crippen MR) is 90.6 cm³/mol. The number of hydrogen-bond acceptors (Lipinski definition) is 4. The number of carbonyl (C=O) groups excluding carboxylic acids is 1. The van der Waals surface area contributed by atoms with Crippen LogP contribution in [0.15, 0.2) is 11.6 Å². The number of nitrogens with zero attached hydrogens (tertiary/aromatic N) is 3. The molecule has 1 fully saturated rings. The highest BCUT2D eigenvalue weighted by molar-refractivity contribution is 5.88. The number of rotatable bonds is 4. The highest BCUT2D eigenvalue weighted by atomic mass is 16.5. The second-order valence-electron chi connectivity index (χ2n) is 8.13. The van der Waals surface area contributed by atoms with Gasteiger partial charge in [0, 0.05) is 13.0 Å². The Bertz CT molecular complexity index is 674. The molecule has 5 heteroatoms. The molecule has 1 saturated carbocycles. The topological polar surface area (TPSA) is 57.0 Å². The first-order chi connectivity index (χ1) is 11.6. The van der Waals surface area contributed by atoms with E-state index >= 15 is 0 Å². The second-order valence-corrected chi connectivity index (χ2v) is 8.13. The summed E-state index contributed by atoms with van der Waals surface area (Å²) >= 11 is 0. The summed E-state index contributed by atoms with van der Waals surface area (Å²) in [5.74, 6) is 1.22. The Kier molecular flexibility index (Phi) is 3.97. The van der Waals surface area contributed by atoms with E-state index in [1.165, 1.54) is 24.8 Å². The first-order valence-corrected chi connectivity index (χ1v) is 9.36. The number of carbonyl (C=O) groups is 1. The van der Waals surface area contributed by atoms with E-state index in [0.29, 0.717) is 23.6 Å². The van der Waals surface area contributed by atoms with E-state index in [1.807, 2.05) is 4.68 Å². The molecule has 0 spiro atoms. The molecule has 0 aromatic carbocycles. The third-order valence-electron chi connectivity index (χ3n) is 6.52. The van der Waals surface area contributed by atoms with Gasteiger partial charge in [-0.15, -0.1) is 5.10 Å². The minimum Gasteiger partial charge on any atom is -0.461 e. The molecule has 1 aliphatic heterocycles. The van der Waals surface area contributed by atoms with Crippen molar-refractivity contribution < 1.29 is 9.53 Å². The molecule has 0 N–H and O–H groups in total. The first-order valence-electron chi connectivity index (χ1n) is 9.36. The quantitative estimate of drug-likeness (QED) is 0.626. The molecule has 4 aliphatic rings. The Morgan fingerprint density at radius 2 is 2.25 bits per heavy atom. The van der Waals surface area contributed by atoms with Gasteiger partial charge < -0.3 is 4.74 Å². The third-order valence-corrected chi connectivity index (χ3v) is 6.52. The molecule has 3 aliphatic carbocycles. The van der Waals surface area contributed by atoms with Gasteiger partial charge >= 0.3 is 5.97 Å². The van der Waals surface area contributed by atoms with Crippen LogP contribution in [0.3, 0.4) is 0 Å². The van der Waals surface area contributed by atoms with Crippen molar-refractivity contribution in [2.45, 2.75) is 65.3 Å². The summed E-state index contributed by atoms with van der Waals surface area (Å²) in [5.41, 5.74) is 3.30. The number of fused-ring (bicyclic) bond motifs is 2. The van der Waals surface area contributed by atoms with Gasteiger partial charge in [0.15, 0.2) is 5.69 Å². The van der Waals surface area contributed by atoms with Crippen molar-refractivity contribution in [3.8, 4) is 0 Å². The van der Waals surface area contributed by atoms with Crippen LogP contribution < -0.4 is 0 Å². The van der Waals surface area contributed by atoms with Crippen molar-refractivity contribution in [3.63, 3.8) is 0 Å². The van der Waals surface area contributed by atoms with E-state index < -0.39 is 0 Å². The number of ether oxygens (including phenoxy) is 1. The lowest BCUT2D eigenvalue weighted by atomic mass is 9.48. The largest absolute Gasteiger partial charge is 0.461 e. The zero-order chi connectivity index (χ0) is 16.7. The Morgan fingerprint density at radius 1 is 1.38 bits per heavy atom. The average Bonchev–Trinajstić information content (AvgIpc) is 2.83. The molecule has 2 heterocycles. The fourth-order valence-corrected chi connectivity index (χ4v) is 4.74. The molecule has 5 nitrogen and oxygen atoms in total. The maximum absolute atomic E-state index is 12.4. The normalized spacial score (nSPS) is 27.5. The molecular weight excluding hydrogens is 302 g/mol. The Balaban J connectivity index is 1.35. The zero-order valence-electron chi connectivity index (χ0n) is 14.8. The zero-order valence-corrected chi connectivity index (χ0v) is 14.8. The number of esters is 1. The van der Waals surface area contributed by atoms with Gasteiger partial charge in [-0.25, -0.2) is 9.48 Å². The highest BCUT2D eigenvalue weighted by Crippen LogP contribution is 2.59. The third kappa shape index (κ3) is 2.58. The standard InChI is InChI=1S/C19H27N3O2/c1-19(2)14-8-7-13(15(19)12-14)9-11-24-18(23)17-16-6-4-3-5-10-22(16)21-20-17/h7,14-15H,3-6,8-12H2,1-2H3/t14-,15-/m0/s1. The van der Waals surface area contributed by atoms with Crippen LogP contribution in [0.4, 0.5) is 0 Å². The van der Waals surface area contributed by atoms with Crippen LogP contribution in [0.1, 0.15) is 68.6 Å². The van der Waals surface area contributed by atoms with E-state index in [0.717, 1.165) is 43.8 Å². The molecule has 0 saturated heterocycles. The van der Waals surface area contributed by atoms with Crippen molar-refractivity contribution in [2.24, 2.45) is 17.3 Å². The highest BCUT2D eigenvalue weighted by Gasteiger charge is 2.50. The van der Waals surface area contributed by atoms with Crippen LogP contribution >= 0.6 is 0 Å². The van der Waals surface area contributed by atoms with Crippen LogP contribution in [-0.4, -0.2) is 27.6 Å². The van der Waals surface area contributed by atoms with Crippen LogP contribution in [0.5, 0.6) is 0 Å². The number of aryl methyl sites for hydroxylation is 1. The maximum atomic E-state index is 12.4. The van der Waals surface area contributed by atoms with Crippen LogP contribution in [-0.2, 0) is 17.7 Å². The predicted octanol–water partition coefficient (Wildman–Crippen LogP) is 3.54. The lowest BCUT2D eigenvalue weighted by Crippen LogP contribution is -2.48. The summed E-state index contributed by atoms with van der Waals surface area (Å²) in [6, 6.07) is 0. The fourth-order valence-electron chi connectivity index (χ4n) is 4.74. The van der Waals surface area contributed by atoms with E-state index in [1.54, 1.807) is 0 Å². The fraction of sp³-hybridized carbons (Fsp3) is 0.737. The monoisotopic (exact) mass is 329 g/mol. The van der Waals surface area contributed by atoms with Crippen molar-refractivity contribution in [1.82, 2.24) is 15.0 Å². The lowest BCUT2D eigenvalue weighted by Gasteiger charge is -2.56. The molecule has 5 rings (SSSR count). The van der Waals surface area contributed by atoms with E-state index in [2.05, 4.69) is 30.2 Å². The van der Waals surface area contributed by atoms with Gasteiger partial charge in [-0.1, -0.05) is 37.1 Å². The second kappa shape index (κ2) is 6.01. The van der Waals surface area contributed by atoms with E-state index in [4.69, 9.17) is 4.74 Å². The van der Waals surface area contributed by atoms with Gasteiger partial charge in [0.1, 0.15) is 0 Å². The van der Waals surface area contributed by atoms with Gasteiger partial charge in [0.2, 0.25) is 0 Å². The first kappa shape index (κ1) is 15.9. The molecular formula is C19H27N3O2. The van der Waals surface area contributed by atoms with Crippen molar-refractivity contribution in [3.05, 3.63) is 23.0 Å². The SMILES string of the molecule is CC1(C)[C@H]2CC=C(CCOC(=O)c3nnn4c3CCCCC4)[C@@H]1C2. The van der Waals surface area contributed by atoms with Crippen molar-refractivity contribution >= 4 is 5.97 Å². The summed E-state index contributed by atoms with van der Waals surface area (Å²) in [5, 5.41) is 8.20. The molecule has 130 valence electrons. The van der Waals surface area contributed by atoms with Gasteiger partial charge in [0.05, 0.1) is 12.3 Å². The molecule has 2 bridgehead atoms. The smallest absolute Gasteiger partial charge is 0.360 e. The number of hydrogen-bond donors (Lipinski definition) is 0. The van der Waals surface area contributed by atoms with Crippen molar-refractivity contribution in [1.29, 1.82) is 0 Å². The van der Waals surface area contributed by atoms with Gasteiger partial charge in [-0.3, -0.25) is 0 Å². The molecule has 1 aromatic rings. The summed E-state index contributed by atoms with van der Waals surface area (Å²) in [6.07, 6.45) is 9.99. The summed E-state index contributed by atoms with van der Waals surface area (Å²) in [7, 11) is 0. The summed E-state index contributed by atoms with van der Waals surface area (Å²) < 4.78 is 7.41. The molecule has 24 heavy (non-hydrogen) atoms. The number of aromatic nitrogens is 3. The minimum atomic E-state index is -0.305. The average molecular weight is 329 g/mol. The molecule has 0 unspecified atom stereocenters. The van der Waals surface area contributed by atoms with Gasteiger partial charge in [0.25, 0.3) is 0 Å². The van der Waals surface area contributed by atoms with Crippen LogP contribution in [0.25, 0.3) is 0 Å². The van der Waals surface area contributed by atoms with E-state index in [-0.39, 0.29) is 5.97 Å². The van der Waals surface area contributed by atoms with Crippen molar-refractivity contribution in [2.75, 3.05) is 6.61 Å². The van der Waals surface area contributed by atoms with Gasteiger partial charge in [-0.05, 0) is 49.4 Å². The minimum absolute atomic E-state index is 0.305. The summed E-state index contributed by atoms with van der Waals surface area (Å²) in [6.45, 7) is 6.06. The summed E-state index contributed by atoms with van der Waals surface area (Å²) in [4.78, 5) is 12.4. The molecule has 1 aromatic heterocycles. The molecule has 0 radical (unpaired) electrons. The van der Waals surface area contributed by atoms with E-state index in [9.17, 15) is 4.79 Å². The molecule has 2 atom stereocenters. The Morgan fingerprint density at radius 3 is 3.04 bits per heavy atom. The number of allylic oxidation sites excluding steroid dienone is 1. The molecule has 0 amide bonds.